The van der Waals surface area contributed by atoms with Crippen LogP contribution >= 0.6 is 0 Å². The van der Waals surface area contributed by atoms with Crippen LogP contribution in [-0.4, -0.2) is 45.5 Å². The van der Waals surface area contributed by atoms with Gasteiger partial charge in [0.2, 0.25) is 10.0 Å². The van der Waals surface area contributed by atoms with E-state index in [1.54, 1.807) is 28.6 Å². The van der Waals surface area contributed by atoms with E-state index in [-0.39, 0.29) is 16.5 Å². The molecule has 2 aliphatic heterocycles. The molecule has 0 unspecified atom stereocenters. The molecule has 0 saturated carbocycles. The lowest BCUT2D eigenvalue weighted by atomic mass is 9.95. The molecule has 6 rings (SSSR count). The first-order valence-corrected chi connectivity index (χ1v) is 13.1. The van der Waals surface area contributed by atoms with Crippen molar-refractivity contribution >= 4 is 26.5 Å². The molecule has 0 spiro atoms. The van der Waals surface area contributed by atoms with Crippen molar-refractivity contribution in [2.24, 2.45) is 0 Å². The fourth-order valence-corrected chi connectivity index (χ4v) is 6.97. The van der Waals surface area contributed by atoms with E-state index < -0.39 is 10.0 Å². The number of nitrogens with zero attached hydrogens (tertiary/aromatic N) is 5. The second kappa shape index (κ2) is 8.24. The second-order valence-electron chi connectivity index (χ2n) is 9.04. The number of rotatable bonds is 4. The summed E-state index contributed by atoms with van der Waals surface area (Å²) in [5.74, 6) is 1.69. The quantitative estimate of drug-likeness (QED) is 0.316. The van der Waals surface area contributed by atoms with Crippen LogP contribution in [0.15, 0.2) is 65.6 Å². The van der Waals surface area contributed by atoms with Crippen LogP contribution in [0.4, 0.5) is 5.69 Å². The number of hydrogen-bond donors (Lipinski definition) is 0. The Morgan fingerprint density at radius 3 is 2.51 bits per heavy atom. The fourth-order valence-electron chi connectivity index (χ4n) is 5.28. The maximum atomic E-state index is 13.5. The second-order valence-corrected chi connectivity index (χ2v) is 10.9. The fraction of sp³-hybridized carbons (Fsp3) is 0.280. The van der Waals surface area contributed by atoms with Crippen molar-refractivity contribution in [1.82, 2.24) is 19.1 Å². The Morgan fingerprint density at radius 1 is 0.943 bits per heavy atom. The molecule has 10 heteroatoms. The van der Waals surface area contributed by atoms with Crippen molar-refractivity contribution in [2.75, 3.05) is 13.1 Å². The number of aromatic nitrogens is 3. The normalized spacial score (nSPS) is 16.7. The number of sulfonamides is 1. The minimum absolute atomic E-state index is 0.0522. The van der Waals surface area contributed by atoms with Gasteiger partial charge in [-0.2, -0.15) is 4.31 Å². The summed E-state index contributed by atoms with van der Waals surface area (Å²) in [5.41, 5.74) is 1.86. The average Bonchev–Trinajstić information content (AvgIpc) is 3.33. The van der Waals surface area contributed by atoms with E-state index in [1.807, 2.05) is 34.9 Å². The maximum Gasteiger partial charge on any atom is 0.269 e. The van der Waals surface area contributed by atoms with Crippen LogP contribution in [0.5, 0.6) is 0 Å². The molecule has 0 N–H and O–H groups in total. The number of non-ortho nitro benzene ring substituents is 1. The molecule has 35 heavy (non-hydrogen) atoms. The molecule has 0 bridgehead atoms. The summed E-state index contributed by atoms with van der Waals surface area (Å²) in [6, 6.07) is 17.8. The first-order valence-electron chi connectivity index (χ1n) is 11.6. The van der Waals surface area contributed by atoms with Crippen molar-refractivity contribution in [3.8, 4) is 5.69 Å². The Hall–Kier alpha value is -3.63. The van der Waals surface area contributed by atoms with E-state index >= 15 is 0 Å². The first kappa shape index (κ1) is 21.9. The van der Waals surface area contributed by atoms with E-state index in [2.05, 4.69) is 10.2 Å². The van der Waals surface area contributed by atoms with Crippen molar-refractivity contribution in [3.63, 3.8) is 0 Å². The number of aryl methyl sites for hydroxylation is 2. The van der Waals surface area contributed by atoms with E-state index in [9.17, 15) is 18.5 Å². The highest BCUT2D eigenvalue weighted by Gasteiger charge is 2.34. The van der Waals surface area contributed by atoms with Crippen LogP contribution in [0.2, 0.25) is 0 Å². The molecule has 4 aromatic rings. The molecule has 1 fully saturated rings. The first-order chi connectivity index (χ1) is 16.9. The van der Waals surface area contributed by atoms with Crippen LogP contribution in [0.25, 0.3) is 16.5 Å². The summed E-state index contributed by atoms with van der Waals surface area (Å²) >= 11 is 0. The average molecular weight is 490 g/mol. The third-order valence-corrected chi connectivity index (χ3v) is 9.03. The van der Waals surface area contributed by atoms with Gasteiger partial charge < -0.3 is 0 Å². The van der Waals surface area contributed by atoms with Crippen LogP contribution < -0.4 is 0 Å². The van der Waals surface area contributed by atoms with Crippen LogP contribution in [-0.2, 0) is 22.9 Å². The number of piperidine rings is 1. The maximum absolute atomic E-state index is 13.5. The molecule has 3 heterocycles. The summed E-state index contributed by atoms with van der Waals surface area (Å²) in [7, 11) is -3.63. The number of benzene rings is 3. The van der Waals surface area contributed by atoms with Gasteiger partial charge in [-0.3, -0.25) is 14.7 Å². The largest absolute Gasteiger partial charge is 0.282 e. The summed E-state index contributed by atoms with van der Waals surface area (Å²) < 4.78 is 30.6. The highest BCUT2D eigenvalue weighted by Crippen LogP contribution is 2.36. The minimum atomic E-state index is -3.63. The van der Waals surface area contributed by atoms with Crippen LogP contribution in [0.3, 0.4) is 0 Å². The summed E-state index contributed by atoms with van der Waals surface area (Å²) in [4.78, 5) is 11.2. The smallest absolute Gasteiger partial charge is 0.269 e. The van der Waals surface area contributed by atoms with Gasteiger partial charge in [-0.25, -0.2) is 8.42 Å². The zero-order valence-corrected chi connectivity index (χ0v) is 19.7. The molecular formula is C25H23N5O4S. The number of nitro benzene ring substituents is 1. The van der Waals surface area contributed by atoms with Gasteiger partial charge in [0.15, 0.2) is 0 Å². The summed E-state index contributed by atoms with van der Waals surface area (Å²) in [6.07, 6.45) is 2.60. The molecule has 0 atom stereocenters. The van der Waals surface area contributed by atoms with Gasteiger partial charge in [-0.05, 0) is 42.3 Å². The predicted molar refractivity (Wildman–Crippen MR) is 130 cm³/mol. The zero-order chi connectivity index (χ0) is 24.2. The Balaban J connectivity index is 1.27. The van der Waals surface area contributed by atoms with Crippen LogP contribution in [0.1, 0.15) is 36.0 Å². The van der Waals surface area contributed by atoms with Gasteiger partial charge in [-0.15, -0.1) is 10.2 Å². The SMILES string of the molecule is O=[N+]([O-])c1ccc2c(c1)CCc1nnc(C3CCN(S(=O)(=O)c4cccc5ccccc45)CC3)n1-2. The van der Waals surface area contributed by atoms with E-state index in [0.717, 1.165) is 33.7 Å². The predicted octanol–water partition coefficient (Wildman–Crippen LogP) is 4.00. The van der Waals surface area contributed by atoms with E-state index in [0.29, 0.717) is 43.7 Å². The third-order valence-electron chi connectivity index (χ3n) is 7.07. The van der Waals surface area contributed by atoms with E-state index in [1.165, 1.54) is 6.07 Å². The third kappa shape index (κ3) is 3.60. The van der Waals surface area contributed by atoms with Crippen molar-refractivity contribution in [1.29, 1.82) is 0 Å². The molecule has 2 aliphatic rings. The van der Waals surface area contributed by atoms with Gasteiger partial charge in [0, 0.05) is 42.9 Å². The standard InChI is InChI=1S/C25H23N5O4S/c31-30(32)20-9-10-22-19(16-20)8-11-24-26-27-25(29(22)24)18-12-14-28(15-13-18)35(33,34)23-7-3-5-17-4-1-2-6-21(17)23/h1-7,9-10,16,18H,8,11-15H2. The Morgan fingerprint density at radius 2 is 1.71 bits per heavy atom. The highest BCUT2D eigenvalue weighted by atomic mass is 32.2. The molecule has 3 aromatic carbocycles. The van der Waals surface area contributed by atoms with Crippen molar-refractivity contribution < 1.29 is 13.3 Å². The van der Waals surface area contributed by atoms with E-state index in [4.69, 9.17) is 0 Å². The Kier molecular flexibility index (Phi) is 5.15. The van der Waals surface area contributed by atoms with Gasteiger partial charge in [-0.1, -0.05) is 36.4 Å². The number of fused-ring (bicyclic) bond motifs is 4. The highest BCUT2D eigenvalue weighted by molar-refractivity contribution is 7.89. The number of hydrogen-bond acceptors (Lipinski definition) is 6. The Labute approximate surface area is 202 Å². The topological polar surface area (TPSA) is 111 Å². The molecular weight excluding hydrogens is 466 g/mol. The molecule has 178 valence electrons. The van der Waals surface area contributed by atoms with Gasteiger partial charge in [0.25, 0.3) is 5.69 Å². The molecule has 0 aliphatic carbocycles. The lowest BCUT2D eigenvalue weighted by Crippen LogP contribution is -2.38. The molecule has 1 saturated heterocycles. The number of nitro groups is 1. The lowest BCUT2D eigenvalue weighted by molar-refractivity contribution is -0.384. The molecule has 1 aromatic heterocycles. The van der Waals surface area contributed by atoms with Gasteiger partial charge in [0.1, 0.15) is 11.6 Å². The Bertz CT molecular complexity index is 1570. The monoisotopic (exact) mass is 489 g/mol. The lowest BCUT2D eigenvalue weighted by Gasteiger charge is -2.31. The summed E-state index contributed by atoms with van der Waals surface area (Å²) in [6.45, 7) is 0.789. The zero-order valence-electron chi connectivity index (χ0n) is 18.9. The van der Waals surface area contributed by atoms with Gasteiger partial charge in [0.05, 0.1) is 15.5 Å². The van der Waals surface area contributed by atoms with Crippen molar-refractivity contribution in [2.45, 2.75) is 36.5 Å². The van der Waals surface area contributed by atoms with Crippen molar-refractivity contribution in [3.05, 3.63) is 88.0 Å². The molecule has 0 radical (unpaired) electrons. The summed E-state index contributed by atoms with van der Waals surface area (Å²) in [5, 5.41) is 21.7. The van der Waals surface area contributed by atoms with Gasteiger partial charge >= 0.3 is 0 Å². The van der Waals surface area contributed by atoms with Crippen LogP contribution in [0, 0.1) is 10.1 Å². The molecule has 9 nitrogen and oxygen atoms in total. The molecule has 0 amide bonds. The minimum Gasteiger partial charge on any atom is -0.282 e.